The first-order valence-electron chi connectivity index (χ1n) is 5.05. The van der Waals surface area contributed by atoms with E-state index in [1.165, 1.54) is 25.9 Å². The zero-order chi connectivity index (χ0) is 8.97. The maximum atomic E-state index is 12.5. The van der Waals surface area contributed by atoms with Gasteiger partial charge in [-0.15, -0.1) is 0 Å². The summed E-state index contributed by atoms with van der Waals surface area (Å²) in [6.07, 6.45) is 2.71. The van der Waals surface area contributed by atoms with E-state index >= 15 is 0 Å². The molecule has 2 atom stereocenters. The Labute approximate surface area is 74.9 Å². The van der Waals surface area contributed by atoms with Gasteiger partial charge in [0.05, 0.1) is 6.17 Å². The molecule has 1 unspecified atom stereocenters. The number of hydrogen-bond donors (Lipinski definition) is 0. The Morgan fingerprint density at radius 1 is 1.58 bits per heavy atom. The van der Waals surface area contributed by atoms with Gasteiger partial charge in [0.15, 0.2) is 0 Å². The minimum absolute atomic E-state index is 0.637. The summed E-state index contributed by atoms with van der Waals surface area (Å²) in [5.74, 6) is 0.814. The van der Waals surface area contributed by atoms with Crippen LogP contribution in [0.25, 0.3) is 0 Å². The Morgan fingerprint density at radius 2 is 2.33 bits per heavy atom. The summed E-state index contributed by atoms with van der Waals surface area (Å²) >= 11 is 0. The summed E-state index contributed by atoms with van der Waals surface area (Å²) in [7, 11) is 0. The van der Waals surface area contributed by atoms with Crippen LogP contribution in [0, 0.1) is 5.92 Å². The highest BCUT2D eigenvalue weighted by atomic mass is 19.1. The number of nitrogens with zero attached hydrogens (tertiary/aromatic N) is 1. The lowest BCUT2D eigenvalue weighted by Gasteiger charge is -2.30. The lowest BCUT2D eigenvalue weighted by molar-refractivity contribution is 0.166. The predicted octanol–water partition coefficient (Wildman–Crippen LogP) is 2.47. The van der Waals surface area contributed by atoms with E-state index in [1.54, 1.807) is 6.92 Å². The summed E-state index contributed by atoms with van der Waals surface area (Å²) in [5.41, 5.74) is 0. The fourth-order valence-electron chi connectivity index (χ4n) is 1.85. The van der Waals surface area contributed by atoms with Gasteiger partial charge in [0, 0.05) is 13.1 Å². The third-order valence-corrected chi connectivity index (χ3v) is 2.58. The third kappa shape index (κ3) is 3.53. The van der Waals surface area contributed by atoms with Crippen molar-refractivity contribution >= 4 is 0 Å². The number of rotatable bonds is 3. The Balaban J connectivity index is 2.14. The van der Waals surface area contributed by atoms with Crippen molar-refractivity contribution in [1.29, 1.82) is 0 Å². The molecule has 1 nitrogen and oxygen atoms in total. The van der Waals surface area contributed by atoms with Crippen LogP contribution in [0.3, 0.4) is 0 Å². The second-order valence-corrected chi connectivity index (χ2v) is 4.12. The number of piperidine rings is 1. The quantitative estimate of drug-likeness (QED) is 0.633. The monoisotopic (exact) mass is 173 g/mol. The molecule has 0 aromatic rings. The van der Waals surface area contributed by atoms with Crippen molar-refractivity contribution in [3.05, 3.63) is 0 Å². The minimum atomic E-state index is -0.637. The molecule has 0 bridgehead atoms. The second kappa shape index (κ2) is 4.80. The maximum absolute atomic E-state index is 12.5. The van der Waals surface area contributed by atoms with Crippen LogP contribution in [0.5, 0.6) is 0 Å². The molecular formula is C10H20FN. The van der Waals surface area contributed by atoms with Gasteiger partial charge in [-0.25, -0.2) is 4.39 Å². The van der Waals surface area contributed by atoms with E-state index in [1.807, 2.05) is 0 Å². The van der Waals surface area contributed by atoms with Crippen molar-refractivity contribution in [2.75, 3.05) is 19.6 Å². The van der Waals surface area contributed by atoms with Crippen molar-refractivity contribution in [1.82, 2.24) is 4.90 Å². The minimum Gasteiger partial charge on any atom is -0.303 e. The van der Waals surface area contributed by atoms with Crippen LogP contribution in [0.1, 0.15) is 33.1 Å². The second-order valence-electron chi connectivity index (χ2n) is 4.12. The number of hydrogen-bond acceptors (Lipinski definition) is 1. The lowest BCUT2D eigenvalue weighted by atomic mass is 10.0. The Kier molecular flexibility index (Phi) is 3.99. The van der Waals surface area contributed by atoms with Gasteiger partial charge in [0.2, 0.25) is 0 Å². The highest BCUT2D eigenvalue weighted by molar-refractivity contribution is 4.70. The molecule has 0 aliphatic carbocycles. The summed E-state index contributed by atoms with van der Waals surface area (Å²) < 4.78 is 12.5. The average molecular weight is 173 g/mol. The van der Waals surface area contributed by atoms with E-state index in [0.29, 0.717) is 6.42 Å². The van der Waals surface area contributed by atoms with E-state index in [0.717, 1.165) is 12.5 Å². The average Bonchev–Trinajstić information content (AvgIpc) is 2.01. The fraction of sp³-hybridized carbons (Fsp3) is 1.00. The summed E-state index contributed by atoms with van der Waals surface area (Å²) in [5, 5.41) is 0. The molecule has 1 heterocycles. The first-order chi connectivity index (χ1) is 5.68. The van der Waals surface area contributed by atoms with Gasteiger partial charge in [-0.05, 0) is 38.6 Å². The van der Waals surface area contributed by atoms with Crippen molar-refractivity contribution in [2.45, 2.75) is 39.3 Å². The van der Waals surface area contributed by atoms with Crippen LogP contribution >= 0.6 is 0 Å². The molecule has 0 spiro atoms. The van der Waals surface area contributed by atoms with Crippen molar-refractivity contribution in [3.63, 3.8) is 0 Å². The van der Waals surface area contributed by atoms with Crippen LogP contribution in [-0.4, -0.2) is 30.7 Å². The smallest absolute Gasteiger partial charge is 0.0985 e. The Hall–Kier alpha value is -0.110. The van der Waals surface area contributed by atoms with Crippen LogP contribution < -0.4 is 0 Å². The molecule has 1 rings (SSSR count). The highest BCUT2D eigenvalue weighted by Gasteiger charge is 2.15. The van der Waals surface area contributed by atoms with Gasteiger partial charge in [-0.3, -0.25) is 0 Å². The predicted molar refractivity (Wildman–Crippen MR) is 50.0 cm³/mol. The van der Waals surface area contributed by atoms with Gasteiger partial charge in [0.1, 0.15) is 0 Å². The fourth-order valence-corrected chi connectivity index (χ4v) is 1.85. The normalized spacial score (nSPS) is 28.8. The van der Waals surface area contributed by atoms with E-state index < -0.39 is 6.17 Å². The van der Waals surface area contributed by atoms with E-state index in [9.17, 15) is 4.39 Å². The topological polar surface area (TPSA) is 3.24 Å². The number of likely N-dealkylation sites (tertiary alicyclic amines) is 1. The van der Waals surface area contributed by atoms with Gasteiger partial charge in [-0.1, -0.05) is 6.92 Å². The third-order valence-electron chi connectivity index (χ3n) is 2.58. The van der Waals surface area contributed by atoms with Crippen LogP contribution in [-0.2, 0) is 0 Å². The zero-order valence-corrected chi connectivity index (χ0v) is 8.22. The van der Waals surface area contributed by atoms with Gasteiger partial charge in [0.25, 0.3) is 0 Å². The Bertz CT molecular complexity index is 125. The maximum Gasteiger partial charge on any atom is 0.0985 e. The van der Waals surface area contributed by atoms with E-state index in [-0.39, 0.29) is 0 Å². The first-order valence-corrected chi connectivity index (χ1v) is 5.05. The molecule has 0 amide bonds. The van der Waals surface area contributed by atoms with Crippen molar-refractivity contribution in [2.24, 2.45) is 5.92 Å². The molecule has 0 aromatic carbocycles. The summed E-state index contributed by atoms with van der Waals surface area (Å²) in [6.45, 7) is 7.23. The zero-order valence-electron chi connectivity index (χ0n) is 8.22. The van der Waals surface area contributed by atoms with Crippen LogP contribution in [0.2, 0.25) is 0 Å². The van der Waals surface area contributed by atoms with Gasteiger partial charge >= 0.3 is 0 Å². The highest BCUT2D eigenvalue weighted by Crippen LogP contribution is 2.15. The van der Waals surface area contributed by atoms with E-state index in [4.69, 9.17) is 0 Å². The van der Waals surface area contributed by atoms with E-state index in [2.05, 4.69) is 11.8 Å². The molecule has 1 saturated heterocycles. The van der Waals surface area contributed by atoms with Crippen LogP contribution in [0.4, 0.5) is 4.39 Å². The summed E-state index contributed by atoms with van der Waals surface area (Å²) in [4.78, 5) is 2.39. The molecule has 12 heavy (non-hydrogen) atoms. The molecule has 72 valence electrons. The first kappa shape index (κ1) is 9.97. The molecule has 0 saturated carbocycles. The van der Waals surface area contributed by atoms with Gasteiger partial charge < -0.3 is 4.90 Å². The molecule has 0 radical (unpaired) electrons. The lowest BCUT2D eigenvalue weighted by Crippen LogP contribution is -2.35. The molecule has 1 fully saturated rings. The summed E-state index contributed by atoms with van der Waals surface area (Å²) in [6, 6.07) is 0. The van der Waals surface area contributed by atoms with Gasteiger partial charge in [-0.2, -0.15) is 0 Å². The van der Waals surface area contributed by atoms with Crippen LogP contribution in [0.15, 0.2) is 0 Å². The standard InChI is InChI=1S/C10H20FN/c1-9-4-3-6-12(8-9)7-5-10(2)11/h9-10H,3-8H2,1-2H3/t9-,10?/m0/s1. The number of alkyl halides is 1. The van der Waals surface area contributed by atoms with Crippen molar-refractivity contribution < 1.29 is 4.39 Å². The molecule has 1 aliphatic heterocycles. The Morgan fingerprint density at radius 3 is 2.92 bits per heavy atom. The molecule has 2 heteroatoms. The largest absolute Gasteiger partial charge is 0.303 e. The molecule has 1 aliphatic rings. The van der Waals surface area contributed by atoms with Crippen molar-refractivity contribution in [3.8, 4) is 0 Å². The molecular weight excluding hydrogens is 153 g/mol. The SMILES string of the molecule is CC(F)CCN1CCC[C@H](C)C1. The molecule has 0 aromatic heterocycles. The molecule has 0 N–H and O–H groups in total. The number of halogens is 1.